The fourth-order valence-electron chi connectivity index (χ4n) is 0.582. The quantitative estimate of drug-likeness (QED) is 0.415. The van der Waals surface area contributed by atoms with Crippen molar-refractivity contribution in [2.24, 2.45) is 0 Å². The summed E-state index contributed by atoms with van der Waals surface area (Å²) in [4.78, 5) is 0. The zero-order chi connectivity index (χ0) is 5.28. The van der Waals surface area contributed by atoms with Gasteiger partial charge in [-0.15, -0.1) is 0 Å². The minimum atomic E-state index is 0.250. The molecule has 1 rings (SSSR count). The molecule has 0 saturated carbocycles. The van der Waals surface area contributed by atoms with Crippen molar-refractivity contribution < 1.29 is 4.74 Å². The maximum Gasteiger partial charge on any atom is 0.136 e. The third-order valence-electron chi connectivity index (χ3n) is 0.884. The summed E-state index contributed by atoms with van der Waals surface area (Å²) in [5.41, 5.74) is 2.94. The average Bonchev–Trinajstić information content (AvgIpc) is 1.87. The summed E-state index contributed by atoms with van der Waals surface area (Å²) in [6.45, 7) is 3.89. The Kier molecular flexibility index (Phi) is 0.918. The zero-order valence-electron chi connectivity index (χ0n) is 4.56. The van der Waals surface area contributed by atoms with E-state index in [4.69, 9.17) is 4.74 Å². The summed E-state index contributed by atoms with van der Waals surface area (Å²) in [5.74, 6) is 0.896. The van der Waals surface area contributed by atoms with E-state index in [1.165, 1.54) is 0 Å². The maximum absolute atomic E-state index is 5.11. The Labute approximate surface area is 43.3 Å². The van der Waals surface area contributed by atoms with E-state index < -0.39 is 0 Å². The van der Waals surface area contributed by atoms with Crippen molar-refractivity contribution in [1.82, 2.24) is 0 Å². The van der Waals surface area contributed by atoms with Gasteiger partial charge in [-0.1, -0.05) is 5.73 Å². The van der Waals surface area contributed by atoms with Crippen molar-refractivity contribution >= 4 is 0 Å². The number of rotatable bonds is 0. The average molecular weight is 96.1 g/mol. The second-order valence-corrected chi connectivity index (χ2v) is 1.69. The van der Waals surface area contributed by atoms with Gasteiger partial charge in [-0.3, -0.25) is 0 Å². The van der Waals surface area contributed by atoms with Crippen molar-refractivity contribution in [1.29, 1.82) is 0 Å². The molecule has 1 atom stereocenters. The molecule has 7 heavy (non-hydrogen) atoms. The molecule has 38 valence electrons. The van der Waals surface area contributed by atoms with Gasteiger partial charge in [0.1, 0.15) is 11.9 Å². The molecule has 0 radical (unpaired) electrons. The van der Waals surface area contributed by atoms with Gasteiger partial charge in [0.25, 0.3) is 0 Å². The van der Waals surface area contributed by atoms with Gasteiger partial charge in [-0.05, 0) is 6.92 Å². The largest absolute Gasteiger partial charge is 0.483 e. The van der Waals surface area contributed by atoms with Crippen LogP contribution in [0.15, 0.2) is 17.6 Å². The highest BCUT2D eigenvalue weighted by Crippen LogP contribution is 2.06. The van der Waals surface area contributed by atoms with Crippen molar-refractivity contribution in [3.05, 3.63) is 17.6 Å². The Morgan fingerprint density at radius 1 is 1.86 bits per heavy atom. The summed E-state index contributed by atoms with van der Waals surface area (Å²) in [6, 6.07) is 0. The summed E-state index contributed by atoms with van der Waals surface area (Å²) in [6.07, 6.45) is 2.16. The van der Waals surface area contributed by atoms with Gasteiger partial charge in [0.2, 0.25) is 0 Å². The summed E-state index contributed by atoms with van der Waals surface area (Å²) < 4.78 is 5.11. The van der Waals surface area contributed by atoms with Crippen LogP contribution in [0, 0.1) is 0 Å². The molecule has 0 saturated heterocycles. The van der Waals surface area contributed by atoms with Crippen LogP contribution in [0.5, 0.6) is 0 Å². The molecule has 0 bridgehead atoms. The Bertz CT molecular complexity index is 129. The van der Waals surface area contributed by atoms with Crippen LogP contribution in [0.25, 0.3) is 0 Å². The second kappa shape index (κ2) is 1.43. The molecule has 0 spiro atoms. The fourth-order valence-corrected chi connectivity index (χ4v) is 0.582. The molecular weight excluding hydrogens is 88.1 g/mol. The Morgan fingerprint density at radius 3 is 2.71 bits per heavy atom. The van der Waals surface area contributed by atoms with Crippen LogP contribution >= 0.6 is 0 Å². The first kappa shape index (κ1) is 4.48. The van der Waals surface area contributed by atoms with Gasteiger partial charge in [0.05, 0.1) is 0 Å². The van der Waals surface area contributed by atoms with Gasteiger partial charge >= 0.3 is 0 Å². The standard InChI is InChI=1S/C6H8O/c1-5-3-4-6(2)7-5/h3,5H,1-2H3. The summed E-state index contributed by atoms with van der Waals surface area (Å²) in [7, 11) is 0. The highest BCUT2D eigenvalue weighted by Gasteiger charge is 2.01. The van der Waals surface area contributed by atoms with Crippen LogP contribution in [0.1, 0.15) is 13.8 Å². The van der Waals surface area contributed by atoms with Crippen molar-refractivity contribution in [3.8, 4) is 0 Å². The van der Waals surface area contributed by atoms with Crippen molar-refractivity contribution in [2.75, 3.05) is 0 Å². The van der Waals surface area contributed by atoms with Crippen LogP contribution in [0.4, 0.5) is 0 Å². The predicted molar refractivity (Wildman–Crippen MR) is 27.8 cm³/mol. The lowest BCUT2D eigenvalue weighted by Gasteiger charge is -2.00. The molecule has 0 fully saturated rings. The van der Waals surface area contributed by atoms with E-state index in [9.17, 15) is 0 Å². The smallest absolute Gasteiger partial charge is 0.136 e. The third kappa shape index (κ3) is 0.847. The Hall–Kier alpha value is -0.680. The second-order valence-electron chi connectivity index (χ2n) is 1.69. The molecule has 1 aliphatic heterocycles. The van der Waals surface area contributed by atoms with E-state index >= 15 is 0 Å². The molecule has 1 aliphatic rings. The molecular formula is C6H8O. The molecule has 0 amide bonds. The first-order valence-corrected chi connectivity index (χ1v) is 2.39. The topological polar surface area (TPSA) is 9.23 Å². The van der Waals surface area contributed by atoms with Crippen LogP contribution in [0.3, 0.4) is 0 Å². The summed E-state index contributed by atoms with van der Waals surface area (Å²) in [5, 5.41) is 0. The molecule has 1 heteroatoms. The molecule has 0 aliphatic carbocycles. The zero-order valence-corrected chi connectivity index (χ0v) is 4.56. The van der Waals surface area contributed by atoms with Crippen LogP contribution in [-0.2, 0) is 4.74 Å². The lowest BCUT2D eigenvalue weighted by atomic mass is 10.4. The van der Waals surface area contributed by atoms with E-state index in [0.29, 0.717) is 0 Å². The van der Waals surface area contributed by atoms with Gasteiger partial charge < -0.3 is 4.74 Å². The van der Waals surface area contributed by atoms with Crippen molar-refractivity contribution in [3.63, 3.8) is 0 Å². The highest BCUT2D eigenvalue weighted by atomic mass is 16.5. The molecule has 0 aromatic heterocycles. The minimum absolute atomic E-state index is 0.250. The molecule has 1 unspecified atom stereocenters. The SMILES string of the molecule is CC1=C=CC(C)O1. The van der Waals surface area contributed by atoms with Crippen LogP contribution < -0.4 is 0 Å². The highest BCUT2D eigenvalue weighted by molar-refractivity contribution is 5.00. The van der Waals surface area contributed by atoms with Gasteiger partial charge in [-0.2, -0.15) is 0 Å². The number of hydrogen-bond acceptors (Lipinski definition) is 1. The third-order valence-corrected chi connectivity index (χ3v) is 0.884. The van der Waals surface area contributed by atoms with Crippen LogP contribution in [0.2, 0.25) is 0 Å². The Morgan fingerprint density at radius 2 is 2.57 bits per heavy atom. The van der Waals surface area contributed by atoms with E-state index in [2.05, 4.69) is 5.73 Å². The maximum atomic E-state index is 5.11. The summed E-state index contributed by atoms with van der Waals surface area (Å²) >= 11 is 0. The van der Waals surface area contributed by atoms with E-state index in [-0.39, 0.29) is 6.10 Å². The van der Waals surface area contributed by atoms with Crippen molar-refractivity contribution in [2.45, 2.75) is 20.0 Å². The molecule has 1 nitrogen and oxygen atoms in total. The van der Waals surface area contributed by atoms with Gasteiger partial charge in [0, 0.05) is 13.0 Å². The molecule has 0 aromatic carbocycles. The molecule has 1 heterocycles. The fraction of sp³-hybridized carbons (Fsp3) is 0.500. The minimum Gasteiger partial charge on any atom is -0.483 e. The first-order chi connectivity index (χ1) is 3.29. The monoisotopic (exact) mass is 96.1 g/mol. The Balaban J connectivity index is 2.62. The first-order valence-electron chi connectivity index (χ1n) is 2.39. The predicted octanol–water partition coefficient (Wildman–Crippen LogP) is 1.46. The lowest BCUT2D eigenvalue weighted by Crippen LogP contribution is -1.95. The molecule has 0 aromatic rings. The number of hydrogen-bond donors (Lipinski definition) is 0. The van der Waals surface area contributed by atoms with E-state index in [0.717, 1.165) is 5.76 Å². The molecule has 0 N–H and O–H groups in total. The number of ether oxygens (including phenoxy) is 1. The van der Waals surface area contributed by atoms with E-state index in [1.807, 2.05) is 19.9 Å². The lowest BCUT2D eigenvalue weighted by molar-refractivity contribution is 0.185. The van der Waals surface area contributed by atoms with Gasteiger partial charge in [0.15, 0.2) is 0 Å². The van der Waals surface area contributed by atoms with Gasteiger partial charge in [-0.25, -0.2) is 0 Å². The van der Waals surface area contributed by atoms with Crippen LogP contribution in [-0.4, -0.2) is 6.10 Å². The van der Waals surface area contributed by atoms with E-state index in [1.54, 1.807) is 0 Å². The normalized spacial score (nSPS) is 27.1.